The number of carbonyl (C=O) groups excluding carboxylic acids is 2. The summed E-state index contributed by atoms with van der Waals surface area (Å²) in [5, 5.41) is 0. The predicted octanol–water partition coefficient (Wildman–Crippen LogP) is 2.11. The van der Waals surface area contributed by atoms with Crippen LogP contribution in [0.25, 0.3) is 6.08 Å². The molecule has 0 aliphatic carbocycles. The van der Waals surface area contributed by atoms with Crippen LogP contribution in [0, 0.1) is 0 Å². The van der Waals surface area contributed by atoms with Crippen molar-refractivity contribution in [2.45, 2.75) is 20.0 Å². The average molecular weight is 261 g/mol. The first-order chi connectivity index (χ1) is 8.99. The van der Waals surface area contributed by atoms with Gasteiger partial charge in [0.2, 0.25) is 5.91 Å². The summed E-state index contributed by atoms with van der Waals surface area (Å²) in [5.74, 6) is -0.636. The predicted molar refractivity (Wildman–Crippen MR) is 74.3 cm³/mol. The molecular weight excluding hydrogens is 242 g/mol. The van der Waals surface area contributed by atoms with Gasteiger partial charge in [-0.1, -0.05) is 30.3 Å². The fourth-order valence-electron chi connectivity index (χ4n) is 1.43. The smallest absolute Gasteiger partial charge is 0.325 e. The summed E-state index contributed by atoms with van der Waals surface area (Å²) in [5.41, 5.74) is 0.939. The Morgan fingerprint density at radius 2 is 1.89 bits per heavy atom. The Morgan fingerprint density at radius 1 is 1.26 bits per heavy atom. The van der Waals surface area contributed by atoms with Crippen LogP contribution in [0.4, 0.5) is 0 Å². The molecule has 0 N–H and O–H groups in total. The van der Waals surface area contributed by atoms with Gasteiger partial charge >= 0.3 is 5.97 Å². The molecule has 0 fully saturated rings. The van der Waals surface area contributed by atoms with Gasteiger partial charge in [0.1, 0.15) is 6.54 Å². The van der Waals surface area contributed by atoms with Crippen molar-refractivity contribution in [1.29, 1.82) is 0 Å². The summed E-state index contributed by atoms with van der Waals surface area (Å²) in [6.07, 6.45) is 2.99. The van der Waals surface area contributed by atoms with Crippen molar-refractivity contribution in [3.05, 3.63) is 42.0 Å². The molecule has 102 valence electrons. The van der Waals surface area contributed by atoms with E-state index in [1.54, 1.807) is 27.0 Å². The van der Waals surface area contributed by atoms with E-state index in [9.17, 15) is 9.59 Å². The minimum atomic E-state index is -0.404. The van der Waals surface area contributed by atoms with Crippen LogP contribution in [0.5, 0.6) is 0 Å². The molecule has 1 rings (SSSR count). The van der Waals surface area contributed by atoms with E-state index in [1.807, 2.05) is 30.3 Å². The van der Waals surface area contributed by atoms with E-state index in [4.69, 9.17) is 4.74 Å². The Balaban J connectivity index is 2.49. The third-order valence-corrected chi connectivity index (χ3v) is 2.33. The normalized spacial score (nSPS) is 10.7. The molecule has 0 radical (unpaired) electrons. The number of benzene rings is 1. The van der Waals surface area contributed by atoms with Gasteiger partial charge in [-0.2, -0.15) is 0 Å². The molecule has 0 atom stereocenters. The maximum absolute atomic E-state index is 11.8. The van der Waals surface area contributed by atoms with E-state index < -0.39 is 5.97 Å². The number of esters is 1. The maximum atomic E-state index is 11.8. The lowest BCUT2D eigenvalue weighted by Crippen LogP contribution is -2.32. The molecule has 0 saturated carbocycles. The van der Waals surface area contributed by atoms with Gasteiger partial charge in [0.15, 0.2) is 0 Å². The van der Waals surface area contributed by atoms with Gasteiger partial charge in [-0.15, -0.1) is 0 Å². The van der Waals surface area contributed by atoms with Gasteiger partial charge in [0.25, 0.3) is 0 Å². The number of hydrogen-bond donors (Lipinski definition) is 0. The van der Waals surface area contributed by atoms with Gasteiger partial charge in [-0.05, 0) is 25.5 Å². The van der Waals surface area contributed by atoms with Crippen LogP contribution < -0.4 is 0 Å². The second kappa shape index (κ2) is 7.36. The van der Waals surface area contributed by atoms with Crippen molar-refractivity contribution in [1.82, 2.24) is 4.90 Å². The van der Waals surface area contributed by atoms with Crippen molar-refractivity contribution >= 4 is 18.0 Å². The highest BCUT2D eigenvalue weighted by Crippen LogP contribution is 2.02. The monoisotopic (exact) mass is 261 g/mol. The van der Waals surface area contributed by atoms with Crippen LogP contribution in [0.3, 0.4) is 0 Å². The summed E-state index contributed by atoms with van der Waals surface area (Å²) in [7, 11) is 1.57. The van der Waals surface area contributed by atoms with Gasteiger partial charge in [-0.3, -0.25) is 9.59 Å². The van der Waals surface area contributed by atoms with E-state index >= 15 is 0 Å². The van der Waals surface area contributed by atoms with Gasteiger partial charge < -0.3 is 9.64 Å². The zero-order valence-corrected chi connectivity index (χ0v) is 11.5. The highest BCUT2D eigenvalue weighted by Gasteiger charge is 2.12. The maximum Gasteiger partial charge on any atom is 0.325 e. The molecule has 0 unspecified atom stereocenters. The quantitative estimate of drug-likeness (QED) is 0.602. The zero-order valence-electron chi connectivity index (χ0n) is 11.5. The standard InChI is InChI=1S/C15H19NO3/c1-12(2)19-15(18)11-16(3)14(17)10-9-13-7-5-4-6-8-13/h4-10,12H,11H2,1-3H3. The molecule has 4 nitrogen and oxygen atoms in total. The summed E-state index contributed by atoms with van der Waals surface area (Å²) in [6, 6.07) is 9.50. The van der Waals surface area contributed by atoms with Gasteiger partial charge in [0, 0.05) is 13.1 Å². The fourth-order valence-corrected chi connectivity index (χ4v) is 1.43. The van der Waals surface area contributed by atoms with Crippen LogP contribution in [0.2, 0.25) is 0 Å². The number of likely N-dealkylation sites (N-methyl/N-ethyl adjacent to an activating group) is 1. The number of carbonyl (C=O) groups is 2. The molecule has 19 heavy (non-hydrogen) atoms. The molecule has 0 aromatic heterocycles. The molecule has 4 heteroatoms. The highest BCUT2D eigenvalue weighted by molar-refractivity contribution is 5.93. The van der Waals surface area contributed by atoms with Crippen LogP contribution in [-0.2, 0) is 14.3 Å². The summed E-state index contributed by atoms with van der Waals surface area (Å²) < 4.78 is 4.98. The van der Waals surface area contributed by atoms with E-state index in [2.05, 4.69) is 0 Å². The summed E-state index contributed by atoms with van der Waals surface area (Å²) >= 11 is 0. The number of rotatable bonds is 5. The van der Waals surface area contributed by atoms with Crippen LogP contribution in [0.1, 0.15) is 19.4 Å². The minimum absolute atomic E-state index is 0.0455. The Hall–Kier alpha value is -2.10. The van der Waals surface area contributed by atoms with E-state index in [0.29, 0.717) is 0 Å². The average Bonchev–Trinajstić information content (AvgIpc) is 2.36. The second-order valence-electron chi connectivity index (χ2n) is 4.48. The molecule has 0 bridgehead atoms. The number of nitrogens with zero attached hydrogens (tertiary/aromatic N) is 1. The lowest BCUT2D eigenvalue weighted by atomic mass is 10.2. The Labute approximate surface area is 113 Å². The van der Waals surface area contributed by atoms with Gasteiger partial charge in [0.05, 0.1) is 6.10 Å². The molecule has 1 aromatic carbocycles. The lowest BCUT2D eigenvalue weighted by molar-refractivity contribution is -0.150. The third-order valence-electron chi connectivity index (χ3n) is 2.33. The van der Waals surface area contributed by atoms with E-state index in [0.717, 1.165) is 5.56 Å². The van der Waals surface area contributed by atoms with Crippen molar-refractivity contribution in [2.75, 3.05) is 13.6 Å². The van der Waals surface area contributed by atoms with Crippen LogP contribution >= 0.6 is 0 Å². The first-order valence-electron chi connectivity index (χ1n) is 6.16. The summed E-state index contributed by atoms with van der Waals surface area (Å²) in [6.45, 7) is 3.50. The second-order valence-corrected chi connectivity index (χ2v) is 4.48. The Bertz CT molecular complexity index is 452. The van der Waals surface area contributed by atoms with Crippen LogP contribution in [0.15, 0.2) is 36.4 Å². The Kier molecular flexibility index (Phi) is 5.79. The third kappa shape index (κ3) is 5.86. The first kappa shape index (κ1) is 15.0. The zero-order chi connectivity index (χ0) is 14.3. The molecule has 0 saturated heterocycles. The number of hydrogen-bond acceptors (Lipinski definition) is 3. The van der Waals surface area contributed by atoms with E-state index in [-0.39, 0.29) is 18.6 Å². The minimum Gasteiger partial charge on any atom is -0.462 e. The van der Waals surface area contributed by atoms with Crippen LogP contribution in [-0.4, -0.2) is 36.5 Å². The lowest BCUT2D eigenvalue weighted by Gasteiger charge is -2.15. The topological polar surface area (TPSA) is 46.6 Å². The molecule has 1 aromatic rings. The van der Waals surface area contributed by atoms with Gasteiger partial charge in [-0.25, -0.2) is 0 Å². The Morgan fingerprint density at radius 3 is 2.47 bits per heavy atom. The van der Waals surface area contributed by atoms with Crippen molar-refractivity contribution in [3.63, 3.8) is 0 Å². The van der Waals surface area contributed by atoms with Crippen molar-refractivity contribution < 1.29 is 14.3 Å². The van der Waals surface area contributed by atoms with Crippen molar-refractivity contribution in [3.8, 4) is 0 Å². The molecule has 1 amide bonds. The van der Waals surface area contributed by atoms with Crippen molar-refractivity contribution in [2.24, 2.45) is 0 Å². The molecule has 0 spiro atoms. The number of ether oxygens (including phenoxy) is 1. The largest absolute Gasteiger partial charge is 0.462 e. The molecule has 0 heterocycles. The summed E-state index contributed by atoms with van der Waals surface area (Å²) in [4.78, 5) is 24.5. The fraction of sp³-hybridized carbons (Fsp3) is 0.333. The molecular formula is C15H19NO3. The van der Waals surface area contributed by atoms with E-state index in [1.165, 1.54) is 11.0 Å². The first-order valence-corrected chi connectivity index (χ1v) is 6.16. The SMILES string of the molecule is CC(C)OC(=O)CN(C)C(=O)C=Cc1ccccc1. The molecule has 0 aliphatic heterocycles. The molecule has 0 aliphatic rings. The number of amides is 1. The highest BCUT2D eigenvalue weighted by atomic mass is 16.5.